The Kier molecular flexibility index (Phi) is 2.69. The molecule has 0 spiro atoms. The topological polar surface area (TPSA) is 58.3 Å². The highest BCUT2D eigenvalue weighted by molar-refractivity contribution is 7.09. The van der Waals surface area contributed by atoms with Gasteiger partial charge in [-0.1, -0.05) is 0 Å². The molecular formula is C10H17N5S. The van der Waals surface area contributed by atoms with Crippen molar-refractivity contribution in [3.63, 3.8) is 0 Å². The van der Waals surface area contributed by atoms with Crippen LogP contribution in [0.15, 0.2) is 0 Å². The van der Waals surface area contributed by atoms with Crippen LogP contribution >= 0.6 is 11.5 Å². The predicted molar refractivity (Wildman–Crippen MR) is 65.7 cm³/mol. The SMILES string of the molecule is Nc1nsc(N2CCCN3CCCC3C2)n1. The molecule has 1 atom stereocenters. The third kappa shape index (κ3) is 1.87. The number of rotatable bonds is 1. The van der Waals surface area contributed by atoms with Crippen molar-refractivity contribution in [1.29, 1.82) is 0 Å². The first-order chi connectivity index (χ1) is 7.83. The summed E-state index contributed by atoms with van der Waals surface area (Å²) in [6.07, 6.45) is 3.89. The lowest BCUT2D eigenvalue weighted by molar-refractivity contribution is 0.273. The summed E-state index contributed by atoms with van der Waals surface area (Å²) in [6.45, 7) is 4.68. The molecule has 3 rings (SSSR count). The molecule has 2 fully saturated rings. The summed E-state index contributed by atoms with van der Waals surface area (Å²) in [4.78, 5) is 9.25. The Morgan fingerprint density at radius 3 is 2.94 bits per heavy atom. The molecule has 5 nitrogen and oxygen atoms in total. The molecule has 16 heavy (non-hydrogen) atoms. The van der Waals surface area contributed by atoms with Gasteiger partial charge in [0.2, 0.25) is 11.1 Å². The van der Waals surface area contributed by atoms with Crippen LogP contribution in [0, 0.1) is 0 Å². The molecule has 0 saturated carbocycles. The molecular weight excluding hydrogens is 222 g/mol. The van der Waals surface area contributed by atoms with E-state index in [0.29, 0.717) is 12.0 Å². The van der Waals surface area contributed by atoms with Gasteiger partial charge in [0.05, 0.1) is 0 Å². The van der Waals surface area contributed by atoms with Gasteiger partial charge in [-0.2, -0.15) is 9.36 Å². The van der Waals surface area contributed by atoms with Crippen molar-refractivity contribution < 1.29 is 0 Å². The largest absolute Gasteiger partial charge is 0.367 e. The molecule has 0 radical (unpaired) electrons. The summed E-state index contributed by atoms with van der Waals surface area (Å²) in [7, 11) is 0. The van der Waals surface area contributed by atoms with Crippen molar-refractivity contribution in [2.24, 2.45) is 0 Å². The molecule has 1 unspecified atom stereocenters. The van der Waals surface area contributed by atoms with Crippen LogP contribution in [0.25, 0.3) is 0 Å². The number of anilines is 2. The van der Waals surface area contributed by atoms with Crippen LogP contribution < -0.4 is 10.6 Å². The van der Waals surface area contributed by atoms with Gasteiger partial charge in [-0.15, -0.1) is 0 Å². The van der Waals surface area contributed by atoms with E-state index in [1.807, 2.05) is 0 Å². The monoisotopic (exact) mass is 239 g/mol. The van der Waals surface area contributed by atoms with Crippen molar-refractivity contribution in [1.82, 2.24) is 14.3 Å². The van der Waals surface area contributed by atoms with Crippen molar-refractivity contribution in [3.05, 3.63) is 0 Å². The Labute approximate surface area is 99.4 Å². The summed E-state index contributed by atoms with van der Waals surface area (Å²) in [6, 6.07) is 0.715. The molecule has 3 heterocycles. The van der Waals surface area contributed by atoms with E-state index in [4.69, 9.17) is 5.73 Å². The minimum Gasteiger partial charge on any atom is -0.367 e. The zero-order valence-electron chi connectivity index (χ0n) is 9.30. The molecule has 88 valence electrons. The minimum absolute atomic E-state index is 0.410. The lowest BCUT2D eigenvalue weighted by Gasteiger charge is -2.24. The van der Waals surface area contributed by atoms with Crippen LogP contribution in [-0.4, -0.2) is 46.5 Å². The number of nitrogens with two attached hydrogens (primary N) is 1. The third-order valence-corrected chi connectivity index (χ3v) is 4.30. The van der Waals surface area contributed by atoms with Crippen LogP contribution in [0.2, 0.25) is 0 Å². The Morgan fingerprint density at radius 2 is 2.12 bits per heavy atom. The maximum atomic E-state index is 5.58. The van der Waals surface area contributed by atoms with Gasteiger partial charge in [-0.3, -0.25) is 4.90 Å². The number of nitrogen functional groups attached to an aromatic ring is 1. The van der Waals surface area contributed by atoms with Crippen molar-refractivity contribution in [2.75, 3.05) is 36.8 Å². The quantitative estimate of drug-likeness (QED) is 0.785. The van der Waals surface area contributed by atoms with E-state index in [-0.39, 0.29) is 0 Å². The fourth-order valence-electron chi connectivity index (χ4n) is 2.74. The van der Waals surface area contributed by atoms with E-state index in [1.165, 1.54) is 43.9 Å². The van der Waals surface area contributed by atoms with Gasteiger partial charge in [0.1, 0.15) is 0 Å². The van der Waals surface area contributed by atoms with Gasteiger partial charge in [-0.05, 0) is 25.8 Å². The van der Waals surface area contributed by atoms with E-state index in [2.05, 4.69) is 19.2 Å². The zero-order chi connectivity index (χ0) is 11.0. The van der Waals surface area contributed by atoms with Crippen LogP contribution in [0.5, 0.6) is 0 Å². The van der Waals surface area contributed by atoms with E-state index in [1.54, 1.807) is 0 Å². The second-order valence-corrected chi connectivity index (χ2v) is 5.30. The predicted octanol–water partition coefficient (Wildman–Crippen LogP) is 0.795. The van der Waals surface area contributed by atoms with Gasteiger partial charge < -0.3 is 10.6 Å². The van der Waals surface area contributed by atoms with Gasteiger partial charge in [0, 0.05) is 37.2 Å². The summed E-state index contributed by atoms with van der Waals surface area (Å²) in [5.41, 5.74) is 5.58. The van der Waals surface area contributed by atoms with Crippen molar-refractivity contribution in [2.45, 2.75) is 25.3 Å². The zero-order valence-corrected chi connectivity index (χ0v) is 10.1. The standard InChI is InChI=1S/C10H17N5S/c11-9-12-10(16-13-9)15-6-2-5-14-4-1-3-8(14)7-15/h8H,1-7H2,(H2,11,13). The summed E-state index contributed by atoms with van der Waals surface area (Å²) >= 11 is 1.42. The minimum atomic E-state index is 0.410. The Balaban J connectivity index is 1.76. The number of fused-ring (bicyclic) bond motifs is 1. The summed E-state index contributed by atoms with van der Waals surface area (Å²) in [5, 5.41) is 0.992. The van der Waals surface area contributed by atoms with E-state index in [9.17, 15) is 0 Å². The first-order valence-corrected chi connectivity index (χ1v) is 6.68. The number of nitrogens with zero attached hydrogens (tertiary/aromatic N) is 4. The van der Waals surface area contributed by atoms with Gasteiger partial charge in [0.25, 0.3) is 0 Å². The van der Waals surface area contributed by atoms with Gasteiger partial charge in [0.15, 0.2) is 0 Å². The highest BCUT2D eigenvalue weighted by Gasteiger charge is 2.29. The van der Waals surface area contributed by atoms with E-state index < -0.39 is 0 Å². The third-order valence-electron chi connectivity index (χ3n) is 3.51. The van der Waals surface area contributed by atoms with Crippen LogP contribution in [-0.2, 0) is 0 Å². The second-order valence-electron chi connectivity index (χ2n) is 4.57. The molecule has 1 aromatic heterocycles. The highest BCUT2D eigenvalue weighted by Crippen LogP contribution is 2.26. The lowest BCUT2D eigenvalue weighted by Crippen LogP contribution is -2.36. The first-order valence-electron chi connectivity index (χ1n) is 5.91. The smallest absolute Gasteiger partial charge is 0.233 e. The number of aromatic nitrogens is 2. The first kappa shape index (κ1) is 10.3. The molecule has 2 aliphatic rings. The maximum Gasteiger partial charge on any atom is 0.233 e. The van der Waals surface area contributed by atoms with Crippen LogP contribution in [0.4, 0.5) is 11.1 Å². The molecule has 1 aromatic rings. The molecule has 2 N–H and O–H groups in total. The van der Waals surface area contributed by atoms with Gasteiger partial charge >= 0.3 is 0 Å². The summed E-state index contributed by atoms with van der Waals surface area (Å²) < 4.78 is 4.06. The molecule has 6 heteroatoms. The Hall–Kier alpha value is -0.880. The highest BCUT2D eigenvalue weighted by atomic mass is 32.1. The molecule has 0 amide bonds. The molecule has 2 saturated heterocycles. The molecule has 2 aliphatic heterocycles. The summed E-state index contributed by atoms with van der Waals surface area (Å²) in [5.74, 6) is 0.410. The average Bonchev–Trinajstić information content (AvgIpc) is 2.83. The second kappa shape index (κ2) is 4.18. The Bertz CT molecular complexity index is 366. The van der Waals surface area contributed by atoms with E-state index >= 15 is 0 Å². The fourth-order valence-corrected chi connectivity index (χ4v) is 3.37. The van der Waals surface area contributed by atoms with Crippen molar-refractivity contribution >= 4 is 22.6 Å². The molecule has 0 aromatic carbocycles. The molecule has 0 aliphatic carbocycles. The fraction of sp³-hybridized carbons (Fsp3) is 0.800. The van der Waals surface area contributed by atoms with Crippen LogP contribution in [0.1, 0.15) is 19.3 Å². The Morgan fingerprint density at radius 1 is 1.25 bits per heavy atom. The van der Waals surface area contributed by atoms with E-state index in [0.717, 1.165) is 18.2 Å². The average molecular weight is 239 g/mol. The van der Waals surface area contributed by atoms with Crippen LogP contribution in [0.3, 0.4) is 0 Å². The normalized spacial score (nSPS) is 26.8. The number of hydrogen-bond donors (Lipinski definition) is 1. The lowest BCUT2D eigenvalue weighted by atomic mass is 10.2. The van der Waals surface area contributed by atoms with Crippen molar-refractivity contribution in [3.8, 4) is 0 Å². The molecule has 0 bridgehead atoms. The maximum absolute atomic E-state index is 5.58. The van der Waals surface area contributed by atoms with Gasteiger partial charge in [-0.25, -0.2) is 0 Å². The number of hydrogen-bond acceptors (Lipinski definition) is 6.